The number of carbonyl (C=O) groups is 1. The fourth-order valence-corrected chi connectivity index (χ4v) is 3.28. The van der Waals surface area contributed by atoms with E-state index in [1.54, 1.807) is 30.4 Å². The van der Waals surface area contributed by atoms with Crippen LogP contribution in [0.5, 0.6) is 0 Å². The number of hydrogen-bond acceptors (Lipinski definition) is 3. The molecule has 0 spiro atoms. The number of rotatable bonds is 3. The minimum atomic E-state index is -0.124. The van der Waals surface area contributed by atoms with Crippen molar-refractivity contribution in [3.63, 3.8) is 0 Å². The van der Waals surface area contributed by atoms with Crippen LogP contribution < -0.4 is 0 Å². The molecule has 0 aliphatic carbocycles. The molecular formula is C13H9Cl2NOS2. The summed E-state index contributed by atoms with van der Waals surface area (Å²) in [5.41, 5.74) is 0.741. The fourth-order valence-electron chi connectivity index (χ4n) is 1.55. The maximum absolute atomic E-state index is 12.1. The summed E-state index contributed by atoms with van der Waals surface area (Å²) in [5.74, 6) is -0.124. The highest BCUT2D eigenvalue weighted by atomic mass is 35.5. The smallest absolute Gasteiger partial charge is 0.266 e. The molecule has 0 unspecified atom stereocenters. The van der Waals surface area contributed by atoms with E-state index in [0.29, 0.717) is 25.8 Å². The first-order chi connectivity index (χ1) is 9.02. The number of amides is 1. The summed E-state index contributed by atoms with van der Waals surface area (Å²) in [6.07, 6.45) is 3.37. The van der Waals surface area contributed by atoms with Crippen molar-refractivity contribution in [2.45, 2.75) is 0 Å². The summed E-state index contributed by atoms with van der Waals surface area (Å²) >= 11 is 18.3. The monoisotopic (exact) mass is 329 g/mol. The average Bonchev–Trinajstić information content (AvgIpc) is 2.61. The van der Waals surface area contributed by atoms with Gasteiger partial charge in [-0.2, -0.15) is 0 Å². The van der Waals surface area contributed by atoms with E-state index in [0.717, 1.165) is 5.56 Å². The molecule has 1 amide bonds. The number of benzene rings is 1. The normalized spacial score (nSPS) is 17.4. The fraction of sp³-hybridized carbons (Fsp3) is 0.0769. The van der Waals surface area contributed by atoms with Crippen molar-refractivity contribution in [2.75, 3.05) is 6.54 Å². The first-order valence-corrected chi connectivity index (χ1v) is 7.32. The Hall–Kier alpha value is -0.810. The molecule has 1 aromatic rings. The minimum absolute atomic E-state index is 0.124. The van der Waals surface area contributed by atoms with Gasteiger partial charge in [0, 0.05) is 16.6 Å². The molecule has 1 aromatic carbocycles. The molecule has 0 radical (unpaired) electrons. The summed E-state index contributed by atoms with van der Waals surface area (Å²) in [6, 6.07) is 5.13. The lowest BCUT2D eigenvalue weighted by Crippen LogP contribution is -2.27. The highest BCUT2D eigenvalue weighted by Gasteiger charge is 2.31. The third kappa shape index (κ3) is 3.20. The Balaban J connectivity index is 2.32. The molecule has 2 nitrogen and oxygen atoms in total. The number of hydrogen-bond donors (Lipinski definition) is 0. The van der Waals surface area contributed by atoms with Gasteiger partial charge in [0.1, 0.15) is 4.32 Å². The van der Waals surface area contributed by atoms with Gasteiger partial charge >= 0.3 is 0 Å². The van der Waals surface area contributed by atoms with Gasteiger partial charge in [-0.1, -0.05) is 59.3 Å². The Morgan fingerprint density at radius 1 is 1.42 bits per heavy atom. The van der Waals surface area contributed by atoms with Crippen LogP contribution in [-0.4, -0.2) is 21.7 Å². The van der Waals surface area contributed by atoms with Crippen LogP contribution in [0, 0.1) is 0 Å². The summed E-state index contributed by atoms with van der Waals surface area (Å²) in [5, 5.41) is 1.06. The maximum Gasteiger partial charge on any atom is 0.266 e. The average molecular weight is 330 g/mol. The van der Waals surface area contributed by atoms with E-state index in [-0.39, 0.29) is 5.91 Å². The van der Waals surface area contributed by atoms with Crippen LogP contribution in [0.15, 0.2) is 35.8 Å². The van der Waals surface area contributed by atoms with E-state index in [1.807, 2.05) is 0 Å². The Morgan fingerprint density at radius 2 is 2.16 bits per heavy atom. The van der Waals surface area contributed by atoms with Gasteiger partial charge in [0.05, 0.1) is 4.91 Å². The summed E-state index contributed by atoms with van der Waals surface area (Å²) < 4.78 is 0.529. The Morgan fingerprint density at radius 3 is 2.79 bits per heavy atom. The highest BCUT2D eigenvalue weighted by Crippen LogP contribution is 2.34. The molecule has 0 atom stereocenters. The zero-order valence-electron chi connectivity index (χ0n) is 9.73. The van der Waals surface area contributed by atoms with Crippen molar-refractivity contribution in [3.8, 4) is 0 Å². The zero-order chi connectivity index (χ0) is 14.0. The third-order valence-corrected chi connectivity index (χ3v) is 4.37. The molecule has 0 N–H and O–H groups in total. The van der Waals surface area contributed by atoms with Gasteiger partial charge in [-0.15, -0.1) is 6.58 Å². The van der Waals surface area contributed by atoms with Gasteiger partial charge in [-0.25, -0.2) is 0 Å². The minimum Gasteiger partial charge on any atom is -0.289 e. The number of thiocarbonyl (C=S) groups is 1. The molecule has 19 heavy (non-hydrogen) atoms. The van der Waals surface area contributed by atoms with E-state index in [4.69, 9.17) is 35.4 Å². The molecule has 0 bridgehead atoms. The largest absolute Gasteiger partial charge is 0.289 e. The van der Waals surface area contributed by atoms with Crippen LogP contribution in [0.2, 0.25) is 10.0 Å². The van der Waals surface area contributed by atoms with Gasteiger partial charge < -0.3 is 0 Å². The zero-order valence-corrected chi connectivity index (χ0v) is 12.9. The summed E-state index contributed by atoms with van der Waals surface area (Å²) in [7, 11) is 0. The first kappa shape index (κ1) is 14.6. The van der Waals surface area contributed by atoms with Gasteiger partial charge in [-0.3, -0.25) is 9.69 Å². The molecular weight excluding hydrogens is 321 g/mol. The van der Waals surface area contributed by atoms with Crippen LogP contribution in [0.1, 0.15) is 5.56 Å². The van der Waals surface area contributed by atoms with Crippen LogP contribution in [0.25, 0.3) is 6.08 Å². The Labute approximate surface area is 131 Å². The van der Waals surface area contributed by atoms with Gasteiger partial charge in [0.15, 0.2) is 0 Å². The molecule has 1 aliphatic rings. The highest BCUT2D eigenvalue weighted by molar-refractivity contribution is 8.26. The van der Waals surface area contributed by atoms with Crippen LogP contribution in [0.3, 0.4) is 0 Å². The van der Waals surface area contributed by atoms with Crippen molar-refractivity contribution < 1.29 is 4.79 Å². The third-order valence-electron chi connectivity index (χ3n) is 2.43. The quantitative estimate of drug-likeness (QED) is 0.466. The van der Waals surface area contributed by atoms with Crippen molar-refractivity contribution in [3.05, 3.63) is 51.4 Å². The van der Waals surface area contributed by atoms with E-state index in [1.165, 1.54) is 16.7 Å². The predicted molar refractivity (Wildman–Crippen MR) is 86.5 cm³/mol. The van der Waals surface area contributed by atoms with Gasteiger partial charge in [-0.05, 0) is 23.8 Å². The second-order valence-corrected chi connectivity index (χ2v) is 6.27. The molecule has 98 valence electrons. The van der Waals surface area contributed by atoms with Crippen molar-refractivity contribution >= 4 is 63.5 Å². The molecule has 1 saturated heterocycles. The SMILES string of the molecule is C=CCN1C(=O)C(=Cc2ccc(Cl)cc2Cl)SC1=S. The lowest BCUT2D eigenvalue weighted by Gasteiger charge is -2.10. The van der Waals surface area contributed by atoms with Gasteiger partial charge in [0.25, 0.3) is 5.91 Å². The molecule has 0 saturated carbocycles. The van der Waals surface area contributed by atoms with Crippen molar-refractivity contribution in [1.29, 1.82) is 0 Å². The standard InChI is InChI=1S/C13H9Cl2NOS2/c1-2-5-16-12(17)11(19-13(16)18)6-8-3-4-9(14)7-10(8)15/h2-4,6-7H,1,5H2. The Kier molecular flexibility index (Phi) is 4.68. The van der Waals surface area contributed by atoms with E-state index < -0.39 is 0 Å². The maximum atomic E-state index is 12.1. The molecule has 1 heterocycles. The Bertz CT molecular complexity index is 598. The lowest BCUT2D eigenvalue weighted by molar-refractivity contribution is -0.121. The van der Waals surface area contributed by atoms with E-state index >= 15 is 0 Å². The van der Waals surface area contributed by atoms with E-state index in [2.05, 4.69) is 6.58 Å². The molecule has 1 aliphatic heterocycles. The second kappa shape index (κ2) is 6.09. The molecule has 6 heteroatoms. The molecule has 0 aromatic heterocycles. The topological polar surface area (TPSA) is 20.3 Å². The van der Waals surface area contributed by atoms with Crippen LogP contribution in [0.4, 0.5) is 0 Å². The molecule has 1 fully saturated rings. The summed E-state index contributed by atoms with van der Waals surface area (Å²) in [6.45, 7) is 4.02. The van der Waals surface area contributed by atoms with E-state index in [9.17, 15) is 4.79 Å². The second-order valence-electron chi connectivity index (χ2n) is 3.75. The van der Waals surface area contributed by atoms with Crippen LogP contribution >= 0.6 is 47.2 Å². The molecule has 2 rings (SSSR count). The predicted octanol–water partition coefficient (Wildman–Crippen LogP) is 4.38. The first-order valence-electron chi connectivity index (χ1n) is 5.34. The number of halogens is 2. The number of nitrogens with zero attached hydrogens (tertiary/aromatic N) is 1. The summed E-state index contributed by atoms with van der Waals surface area (Å²) in [4.78, 5) is 14.2. The van der Waals surface area contributed by atoms with Crippen LogP contribution in [-0.2, 0) is 4.79 Å². The lowest BCUT2D eigenvalue weighted by atomic mass is 10.2. The number of thioether (sulfide) groups is 1. The van der Waals surface area contributed by atoms with Crippen molar-refractivity contribution in [2.24, 2.45) is 0 Å². The number of carbonyl (C=O) groups excluding carboxylic acids is 1. The van der Waals surface area contributed by atoms with Gasteiger partial charge in [0.2, 0.25) is 0 Å². The van der Waals surface area contributed by atoms with Crippen molar-refractivity contribution in [1.82, 2.24) is 4.90 Å².